The van der Waals surface area contributed by atoms with Gasteiger partial charge in [0.25, 0.3) is 5.91 Å². The molecule has 6 heteroatoms. The maximum Gasteiger partial charge on any atom is 0.273 e. The van der Waals surface area contributed by atoms with Crippen LogP contribution >= 0.6 is 0 Å². The third kappa shape index (κ3) is 3.03. The molecule has 0 aliphatic heterocycles. The second-order valence-corrected chi connectivity index (χ2v) is 9.06. The van der Waals surface area contributed by atoms with Crippen molar-refractivity contribution in [1.82, 2.24) is 14.7 Å². The van der Waals surface area contributed by atoms with E-state index in [1.54, 1.807) is 25.0 Å². The van der Waals surface area contributed by atoms with Gasteiger partial charge in [-0.15, -0.1) is 0 Å². The van der Waals surface area contributed by atoms with E-state index in [0.717, 1.165) is 17.8 Å². The minimum atomic E-state index is -0.130. The van der Waals surface area contributed by atoms with Gasteiger partial charge in [0.15, 0.2) is 0 Å². The number of amides is 2. The van der Waals surface area contributed by atoms with E-state index in [1.807, 2.05) is 6.92 Å². The monoisotopic (exact) mass is 358 g/mol. The zero-order valence-corrected chi connectivity index (χ0v) is 16.1. The van der Waals surface area contributed by atoms with E-state index in [4.69, 9.17) is 0 Å². The molecule has 0 saturated heterocycles. The molecule has 0 aromatic carbocycles. The van der Waals surface area contributed by atoms with Gasteiger partial charge < -0.3 is 10.2 Å². The van der Waals surface area contributed by atoms with Crippen molar-refractivity contribution in [3.05, 3.63) is 11.9 Å². The molecule has 5 rings (SSSR count). The largest absolute Gasteiger partial charge is 0.343 e. The molecule has 1 aromatic rings. The van der Waals surface area contributed by atoms with E-state index in [0.29, 0.717) is 24.3 Å². The molecule has 4 fully saturated rings. The molecule has 4 aliphatic carbocycles. The smallest absolute Gasteiger partial charge is 0.273 e. The molecule has 4 aliphatic rings. The van der Waals surface area contributed by atoms with Crippen molar-refractivity contribution in [2.75, 3.05) is 19.4 Å². The highest BCUT2D eigenvalue weighted by molar-refractivity contribution is 6.02. The maximum atomic E-state index is 12.9. The van der Waals surface area contributed by atoms with Gasteiger partial charge in [0, 0.05) is 27.1 Å². The molecule has 0 atom stereocenters. The fourth-order valence-electron chi connectivity index (χ4n) is 6.20. The quantitative estimate of drug-likeness (QED) is 0.879. The van der Waals surface area contributed by atoms with Crippen molar-refractivity contribution in [3.63, 3.8) is 0 Å². The number of hydrogen-bond acceptors (Lipinski definition) is 3. The van der Waals surface area contributed by atoms with Crippen molar-refractivity contribution >= 4 is 17.5 Å². The fraction of sp³-hybridized carbons (Fsp3) is 0.750. The summed E-state index contributed by atoms with van der Waals surface area (Å²) in [5, 5.41) is 7.28. The van der Waals surface area contributed by atoms with Crippen LogP contribution in [0.25, 0.3) is 0 Å². The Hall–Kier alpha value is -1.85. The predicted octanol–water partition coefficient (Wildman–Crippen LogP) is 3.15. The van der Waals surface area contributed by atoms with Crippen LogP contribution in [0.2, 0.25) is 0 Å². The summed E-state index contributed by atoms with van der Waals surface area (Å²) in [7, 11) is 3.44. The molecule has 0 spiro atoms. The Kier molecular flexibility index (Phi) is 4.32. The average Bonchev–Trinajstić information content (AvgIpc) is 2.94. The molecule has 0 unspecified atom stereocenters. The number of rotatable bonds is 5. The van der Waals surface area contributed by atoms with Crippen molar-refractivity contribution in [2.45, 2.75) is 58.4 Å². The van der Waals surface area contributed by atoms with Crippen LogP contribution in [0.1, 0.15) is 62.4 Å². The topological polar surface area (TPSA) is 67.2 Å². The Labute approximate surface area is 155 Å². The third-order valence-electron chi connectivity index (χ3n) is 6.72. The Balaban J connectivity index is 1.49. The molecule has 1 aromatic heterocycles. The molecule has 142 valence electrons. The van der Waals surface area contributed by atoms with E-state index < -0.39 is 0 Å². The first kappa shape index (κ1) is 17.6. The highest BCUT2D eigenvalue weighted by atomic mass is 16.2. The SMILES string of the molecule is CCn1ncc(NC(=O)CC23CC4CC(CC(C4)C2)C3)c1C(=O)N(C)C. The Bertz CT molecular complexity index is 686. The van der Waals surface area contributed by atoms with Gasteiger partial charge in [-0.05, 0) is 68.6 Å². The zero-order chi connectivity index (χ0) is 18.5. The molecule has 2 amide bonds. The first-order chi connectivity index (χ1) is 12.4. The Morgan fingerprint density at radius 3 is 2.27 bits per heavy atom. The summed E-state index contributed by atoms with van der Waals surface area (Å²) >= 11 is 0. The normalized spacial score (nSPS) is 31.9. The first-order valence-corrected chi connectivity index (χ1v) is 9.96. The molecule has 6 nitrogen and oxygen atoms in total. The molecular weight excluding hydrogens is 328 g/mol. The molecule has 0 radical (unpaired) electrons. The van der Waals surface area contributed by atoms with Crippen LogP contribution < -0.4 is 5.32 Å². The van der Waals surface area contributed by atoms with Crippen molar-refractivity contribution in [2.24, 2.45) is 23.2 Å². The third-order valence-corrected chi connectivity index (χ3v) is 6.72. The number of hydrogen-bond donors (Lipinski definition) is 1. The maximum absolute atomic E-state index is 12.9. The lowest BCUT2D eigenvalue weighted by Gasteiger charge is -2.56. The minimum absolute atomic E-state index is 0.0374. The number of aromatic nitrogens is 2. The van der Waals surface area contributed by atoms with Crippen LogP contribution in [0.5, 0.6) is 0 Å². The van der Waals surface area contributed by atoms with Crippen LogP contribution in [0.15, 0.2) is 6.20 Å². The number of nitrogens with zero attached hydrogens (tertiary/aromatic N) is 3. The zero-order valence-electron chi connectivity index (χ0n) is 16.1. The molecular formula is C20H30N4O2. The standard InChI is InChI=1S/C20H30N4O2/c1-4-24-18(19(26)23(2)3)16(12-21-24)22-17(25)11-20-8-13-5-14(9-20)7-15(6-13)10-20/h12-15H,4-11H2,1-3H3,(H,22,25). The average molecular weight is 358 g/mol. The summed E-state index contributed by atoms with van der Waals surface area (Å²) in [6, 6.07) is 0. The number of nitrogens with one attached hydrogen (secondary N) is 1. The number of carbonyl (C=O) groups excluding carboxylic acids is 2. The van der Waals surface area contributed by atoms with Crippen LogP contribution in [-0.2, 0) is 11.3 Å². The van der Waals surface area contributed by atoms with E-state index in [2.05, 4.69) is 10.4 Å². The molecule has 1 heterocycles. The lowest BCUT2D eigenvalue weighted by atomic mass is 9.49. The van der Waals surface area contributed by atoms with Crippen LogP contribution in [-0.4, -0.2) is 40.6 Å². The predicted molar refractivity (Wildman–Crippen MR) is 99.8 cm³/mol. The number of carbonyl (C=O) groups is 2. The van der Waals surface area contributed by atoms with Gasteiger partial charge in [-0.25, -0.2) is 0 Å². The molecule has 4 bridgehead atoms. The van der Waals surface area contributed by atoms with Crippen molar-refractivity contribution < 1.29 is 9.59 Å². The summed E-state index contributed by atoms with van der Waals surface area (Å²) in [5.41, 5.74) is 1.21. The van der Waals surface area contributed by atoms with Crippen LogP contribution in [0.3, 0.4) is 0 Å². The Morgan fingerprint density at radius 2 is 1.77 bits per heavy atom. The van der Waals surface area contributed by atoms with Crippen molar-refractivity contribution in [3.8, 4) is 0 Å². The lowest BCUT2D eigenvalue weighted by Crippen LogP contribution is -2.47. The second kappa shape index (κ2) is 6.39. The molecule has 4 saturated carbocycles. The fourth-order valence-corrected chi connectivity index (χ4v) is 6.20. The van der Waals surface area contributed by atoms with Gasteiger partial charge in [0.05, 0.1) is 11.9 Å². The minimum Gasteiger partial charge on any atom is -0.343 e. The van der Waals surface area contributed by atoms with Crippen molar-refractivity contribution in [1.29, 1.82) is 0 Å². The summed E-state index contributed by atoms with van der Waals surface area (Å²) in [5.74, 6) is 2.41. The highest BCUT2D eigenvalue weighted by Gasteiger charge is 2.51. The van der Waals surface area contributed by atoms with Crippen LogP contribution in [0, 0.1) is 23.2 Å². The van der Waals surface area contributed by atoms with Gasteiger partial charge in [-0.3, -0.25) is 14.3 Å². The van der Waals surface area contributed by atoms with Gasteiger partial charge in [0.2, 0.25) is 5.91 Å². The summed E-state index contributed by atoms with van der Waals surface area (Å²) in [4.78, 5) is 26.9. The van der Waals surface area contributed by atoms with E-state index >= 15 is 0 Å². The van der Waals surface area contributed by atoms with Crippen LogP contribution in [0.4, 0.5) is 5.69 Å². The summed E-state index contributed by atoms with van der Waals surface area (Å²) in [6.45, 7) is 2.54. The highest BCUT2D eigenvalue weighted by Crippen LogP contribution is 2.61. The molecule has 26 heavy (non-hydrogen) atoms. The van der Waals surface area contributed by atoms with E-state index in [-0.39, 0.29) is 17.2 Å². The Morgan fingerprint density at radius 1 is 1.19 bits per heavy atom. The second-order valence-electron chi connectivity index (χ2n) is 9.06. The van der Waals surface area contributed by atoms with Gasteiger partial charge in [0.1, 0.15) is 5.69 Å². The van der Waals surface area contributed by atoms with Gasteiger partial charge in [-0.1, -0.05) is 0 Å². The summed E-state index contributed by atoms with van der Waals surface area (Å²) in [6.07, 6.45) is 9.97. The van der Waals surface area contributed by atoms with Gasteiger partial charge >= 0.3 is 0 Å². The summed E-state index contributed by atoms with van der Waals surface area (Å²) < 4.78 is 1.66. The first-order valence-electron chi connectivity index (χ1n) is 9.96. The lowest BCUT2D eigenvalue weighted by molar-refractivity contribution is -0.124. The molecule has 1 N–H and O–H groups in total. The van der Waals surface area contributed by atoms with E-state index in [9.17, 15) is 9.59 Å². The van der Waals surface area contributed by atoms with Gasteiger partial charge in [-0.2, -0.15) is 5.10 Å². The number of anilines is 1. The van der Waals surface area contributed by atoms with E-state index in [1.165, 1.54) is 43.4 Å². The number of aryl methyl sites for hydroxylation is 1.